The highest BCUT2D eigenvalue weighted by Gasteiger charge is 2.34. The van der Waals surface area contributed by atoms with Gasteiger partial charge in [0.1, 0.15) is 0 Å². The molecule has 0 amide bonds. The quantitative estimate of drug-likeness (QED) is 0.491. The van der Waals surface area contributed by atoms with Crippen molar-refractivity contribution in [1.82, 2.24) is 4.57 Å². The number of aromatic nitrogens is 1. The highest BCUT2D eigenvalue weighted by atomic mass is 16.5. The number of hydrogen-bond donors (Lipinski definition) is 0. The van der Waals surface area contributed by atoms with Gasteiger partial charge in [-0.1, -0.05) is 54.6 Å². The zero-order valence-electron chi connectivity index (χ0n) is 13.4. The van der Waals surface area contributed by atoms with E-state index < -0.39 is 6.10 Å². The molecule has 1 atom stereocenters. The molecular formula is C22H15NO2. The largest absolute Gasteiger partial charge is 0.447 e. The van der Waals surface area contributed by atoms with Crippen LogP contribution in [0, 0.1) is 0 Å². The number of rotatable bonds is 2. The van der Waals surface area contributed by atoms with Gasteiger partial charge in [-0.2, -0.15) is 0 Å². The summed E-state index contributed by atoms with van der Waals surface area (Å²) in [6.07, 6.45) is -0.392. The number of para-hydroxylation sites is 2. The Morgan fingerprint density at radius 1 is 0.800 bits per heavy atom. The Morgan fingerprint density at radius 3 is 2.40 bits per heavy atom. The highest BCUT2D eigenvalue weighted by Crippen LogP contribution is 2.39. The summed E-state index contributed by atoms with van der Waals surface area (Å²) in [5, 5.41) is 1.13. The van der Waals surface area contributed by atoms with Gasteiger partial charge in [0.2, 0.25) is 0 Å². The standard InChI is InChI=1S/C22H15NO2/c24-22-18-12-6-5-11-17(18)21(25-22)20-14-15-8-4-7-13-19(15)23(20)16-9-2-1-3-10-16/h1-14,21H. The summed E-state index contributed by atoms with van der Waals surface area (Å²) < 4.78 is 7.93. The van der Waals surface area contributed by atoms with Crippen molar-refractivity contribution in [3.8, 4) is 5.69 Å². The Kier molecular flexibility index (Phi) is 3.01. The summed E-state index contributed by atoms with van der Waals surface area (Å²) in [4.78, 5) is 12.3. The number of fused-ring (bicyclic) bond motifs is 2. The Labute approximate surface area is 145 Å². The number of cyclic esters (lactones) is 1. The van der Waals surface area contributed by atoms with Crippen LogP contribution in [-0.4, -0.2) is 10.5 Å². The van der Waals surface area contributed by atoms with Gasteiger partial charge in [0.05, 0.1) is 16.8 Å². The van der Waals surface area contributed by atoms with E-state index in [1.54, 1.807) is 0 Å². The summed E-state index contributed by atoms with van der Waals surface area (Å²) >= 11 is 0. The molecule has 0 saturated carbocycles. The van der Waals surface area contributed by atoms with Crippen molar-refractivity contribution in [2.24, 2.45) is 0 Å². The van der Waals surface area contributed by atoms with Crippen LogP contribution in [0.4, 0.5) is 0 Å². The molecule has 3 nitrogen and oxygen atoms in total. The third-order valence-electron chi connectivity index (χ3n) is 4.71. The van der Waals surface area contributed by atoms with Crippen LogP contribution in [0.15, 0.2) is 84.9 Å². The van der Waals surface area contributed by atoms with Crippen molar-refractivity contribution < 1.29 is 9.53 Å². The van der Waals surface area contributed by atoms with Gasteiger partial charge in [0, 0.05) is 16.6 Å². The Hall–Kier alpha value is -3.33. The maximum absolute atomic E-state index is 12.3. The molecule has 0 radical (unpaired) electrons. The molecule has 0 saturated heterocycles. The van der Waals surface area contributed by atoms with Gasteiger partial charge in [-0.15, -0.1) is 0 Å². The first-order valence-electron chi connectivity index (χ1n) is 8.28. The third-order valence-corrected chi connectivity index (χ3v) is 4.71. The normalized spacial score (nSPS) is 16.0. The number of benzene rings is 3. The first-order chi connectivity index (χ1) is 12.3. The van der Waals surface area contributed by atoms with Crippen LogP contribution in [0.3, 0.4) is 0 Å². The number of carbonyl (C=O) groups excluding carboxylic acids is 1. The lowest BCUT2D eigenvalue weighted by Crippen LogP contribution is -2.07. The van der Waals surface area contributed by atoms with Gasteiger partial charge < -0.3 is 9.30 Å². The smallest absolute Gasteiger partial charge is 0.339 e. The fourth-order valence-electron chi connectivity index (χ4n) is 3.60. The Balaban J connectivity index is 1.79. The molecule has 1 aliphatic rings. The third kappa shape index (κ3) is 2.09. The molecule has 1 aromatic heterocycles. The molecule has 0 N–H and O–H groups in total. The molecule has 1 aliphatic heterocycles. The second kappa shape index (κ2) is 5.35. The molecule has 0 bridgehead atoms. The Bertz CT molecular complexity index is 1100. The average Bonchev–Trinajstić information content (AvgIpc) is 3.21. The predicted molar refractivity (Wildman–Crippen MR) is 97.0 cm³/mol. The molecule has 1 unspecified atom stereocenters. The van der Waals surface area contributed by atoms with Crippen molar-refractivity contribution >= 4 is 16.9 Å². The maximum Gasteiger partial charge on any atom is 0.339 e. The number of nitrogens with zero attached hydrogens (tertiary/aromatic N) is 1. The van der Waals surface area contributed by atoms with Gasteiger partial charge in [0.15, 0.2) is 6.10 Å². The lowest BCUT2D eigenvalue weighted by molar-refractivity contribution is 0.0447. The zero-order valence-corrected chi connectivity index (χ0v) is 13.4. The summed E-state index contributed by atoms with van der Waals surface area (Å²) in [7, 11) is 0. The van der Waals surface area contributed by atoms with E-state index in [4.69, 9.17) is 4.74 Å². The van der Waals surface area contributed by atoms with E-state index in [0.717, 1.165) is 27.8 Å². The minimum atomic E-state index is -0.392. The molecule has 3 aromatic carbocycles. The highest BCUT2D eigenvalue weighted by molar-refractivity contribution is 5.95. The minimum Gasteiger partial charge on any atom is -0.447 e. The van der Waals surface area contributed by atoms with Crippen LogP contribution in [0.25, 0.3) is 16.6 Å². The SMILES string of the molecule is O=C1OC(c2cc3ccccc3n2-c2ccccc2)c2ccccc21. The van der Waals surface area contributed by atoms with Crippen molar-refractivity contribution in [2.45, 2.75) is 6.10 Å². The van der Waals surface area contributed by atoms with E-state index in [9.17, 15) is 4.79 Å². The molecule has 0 fully saturated rings. The van der Waals surface area contributed by atoms with Gasteiger partial charge in [0.25, 0.3) is 0 Å². The van der Waals surface area contributed by atoms with Gasteiger partial charge in [-0.05, 0) is 30.3 Å². The second-order valence-corrected chi connectivity index (χ2v) is 6.17. The van der Waals surface area contributed by atoms with Crippen molar-refractivity contribution in [1.29, 1.82) is 0 Å². The van der Waals surface area contributed by atoms with Gasteiger partial charge in [-0.25, -0.2) is 4.79 Å². The van der Waals surface area contributed by atoms with Crippen LogP contribution in [0.2, 0.25) is 0 Å². The fraction of sp³-hybridized carbons (Fsp3) is 0.0455. The van der Waals surface area contributed by atoms with Crippen molar-refractivity contribution in [3.63, 3.8) is 0 Å². The molecule has 0 aliphatic carbocycles. The Morgan fingerprint density at radius 2 is 1.52 bits per heavy atom. The summed E-state index contributed by atoms with van der Waals surface area (Å²) in [5.74, 6) is -0.259. The number of ether oxygens (including phenoxy) is 1. The number of carbonyl (C=O) groups is 1. The average molecular weight is 325 g/mol. The van der Waals surface area contributed by atoms with Crippen molar-refractivity contribution in [2.75, 3.05) is 0 Å². The molecule has 2 heterocycles. The molecule has 120 valence electrons. The van der Waals surface area contributed by atoms with Gasteiger partial charge >= 0.3 is 5.97 Å². The lowest BCUT2D eigenvalue weighted by atomic mass is 10.0. The first-order valence-corrected chi connectivity index (χ1v) is 8.28. The van der Waals surface area contributed by atoms with Crippen LogP contribution in [0.1, 0.15) is 27.7 Å². The van der Waals surface area contributed by atoms with E-state index >= 15 is 0 Å². The summed E-state index contributed by atoms with van der Waals surface area (Å²) in [5.41, 5.74) is 4.69. The monoisotopic (exact) mass is 325 g/mol. The van der Waals surface area contributed by atoms with E-state index in [2.05, 4.69) is 34.9 Å². The van der Waals surface area contributed by atoms with Gasteiger partial charge in [-0.3, -0.25) is 0 Å². The lowest BCUT2D eigenvalue weighted by Gasteiger charge is -2.16. The molecule has 25 heavy (non-hydrogen) atoms. The fourth-order valence-corrected chi connectivity index (χ4v) is 3.60. The van der Waals surface area contributed by atoms with Crippen LogP contribution in [-0.2, 0) is 4.74 Å². The topological polar surface area (TPSA) is 31.2 Å². The molecule has 0 spiro atoms. The van der Waals surface area contributed by atoms with Crippen LogP contribution in [0.5, 0.6) is 0 Å². The van der Waals surface area contributed by atoms with E-state index in [0.29, 0.717) is 5.56 Å². The first kappa shape index (κ1) is 14.1. The van der Waals surface area contributed by atoms with Crippen molar-refractivity contribution in [3.05, 3.63) is 102 Å². The molecular weight excluding hydrogens is 310 g/mol. The summed E-state index contributed by atoms with van der Waals surface area (Å²) in [6.45, 7) is 0. The summed E-state index contributed by atoms with van der Waals surface area (Å²) in [6, 6.07) is 28.1. The van der Waals surface area contributed by atoms with E-state index in [-0.39, 0.29) is 5.97 Å². The van der Waals surface area contributed by atoms with E-state index in [1.807, 2.05) is 54.6 Å². The zero-order chi connectivity index (χ0) is 16.8. The molecule has 4 aromatic rings. The number of hydrogen-bond acceptors (Lipinski definition) is 2. The maximum atomic E-state index is 12.3. The van der Waals surface area contributed by atoms with Crippen LogP contribution >= 0.6 is 0 Å². The van der Waals surface area contributed by atoms with Crippen LogP contribution < -0.4 is 0 Å². The molecule has 5 rings (SSSR count). The predicted octanol–water partition coefficient (Wildman–Crippen LogP) is 4.89. The second-order valence-electron chi connectivity index (χ2n) is 6.17. The van der Waals surface area contributed by atoms with E-state index in [1.165, 1.54) is 0 Å². The number of esters is 1. The minimum absolute atomic E-state index is 0.259. The molecule has 3 heteroatoms.